The summed E-state index contributed by atoms with van der Waals surface area (Å²) >= 11 is 0. The molecule has 0 atom stereocenters. The second-order valence-corrected chi connectivity index (χ2v) is 5.37. The molecule has 0 aliphatic rings. The summed E-state index contributed by atoms with van der Waals surface area (Å²) in [6.45, 7) is 12.5. The Morgan fingerprint density at radius 2 is 1.82 bits per heavy atom. The molecule has 0 spiro atoms. The Kier molecular flexibility index (Phi) is 5.10. The Labute approximate surface area is 132 Å². The first kappa shape index (κ1) is 16.0. The predicted octanol–water partition coefficient (Wildman–Crippen LogP) is 3.59. The fourth-order valence-electron chi connectivity index (χ4n) is 2.68. The van der Waals surface area contributed by atoms with Crippen molar-refractivity contribution in [1.82, 2.24) is 9.88 Å². The van der Waals surface area contributed by atoms with Gasteiger partial charge < -0.3 is 4.90 Å². The lowest BCUT2D eigenvalue weighted by molar-refractivity contribution is -0.129. The van der Waals surface area contributed by atoms with Crippen molar-refractivity contribution in [2.45, 2.75) is 20.3 Å². The van der Waals surface area contributed by atoms with Crippen LogP contribution in [0.4, 0.5) is 0 Å². The summed E-state index contributed by atoms with van der Waals surface area (Å²) in [5.41, 5.74) is 4.04. The smallest absolute Gasteiger partial charge is 0.227 e. The van der Waals surface area contributed by atoms with Crippen LogP contribution < -0.4 is 0 Å². The first-order chi connectivity index (χ1) is 10.6. The third-order valence-electron chi connectivity index (χ3n) is 3.87. The number of hydrogen-bond donors (Lipinski definition) is 0. The van der Waals surface area contributed by atoms with E-state index in [9.17, 15) is 4.79 Å². The number of aryl methyl sites for hydroxylation is 2. The van der Waals surface area contributed by atoms with Crippen molar-refractivity contribution in [3.63, 3.8) is 0 Å². The molecule has 22 heavy (non-hydrogen) atoms. The summed E-state index contributed by atoms with van der Waals surface area (Å²) < 4.78 is 0. The molecule has 0 saturated heterocycles. The number of carbonyl (C=O) groups is 1. The van der Waals surface area contributed by atoms with Gasteiger partial charge in [-0.25, -0.2) is 0 Å². The maximum Gasteiger partial charge on any atom is 0.227 e. The predicted molar refractivity (Wildman–Crippen MR) is 91.9 cm³/mol. The molecule has 114 valence electrons. The van der Waals surface area contributed by atoms with E-state index in [2.05, 4.69) is 31.1 Å². The van der Waals surface area contributed by atoms with E-state index >= 15 is 0 Å². The number of para-hydroxylation sites is 1. The highest BCUT2D eigenvalue weighted by Gasteiger charge is 2.16. The molecule has 0 aliphatic carbocycles. The number of nitrogens with zero attached hydrogens (tertiary/aromatic N) is 2. The second-order valence-electron chi connectivity index (χ2n) is 5.37. The average molecular weight is 294 g/mol. The zero-order valence-electron chi connectivity index (χ0n) is 13.3. The normalized spacial score (nSPS) is 10.5. The molecular formula is C19H22N2O. The van der Waals surface area contributed by atoms with Crippen LogP contribution in [-0.2, 0) is 11.2 Å². The molecule has 0 N–H and O–H groups in total. The Hall–Kier alpha value is -2.42. The topological polar surface area (TPSA) is 33.2 Å². The van der Waals surface area contributed by atoms with Crippen molar-refractivity contribution in [1.29, 1.82) is 0 Å². The van der Waals surface area contributed by atoms with Crippen molar-refractivity contribution in [2.75, 3.05) is 13.1 Å². The van der Waals surface area contributed by atoms with E-state index in [1.807, 2.05) is 25.1 Å². The Morgan fingerprint density at radius 1 is 1.18 bits per heavy atom. The minimum absolute atomic E-state index is 0.0723. The fraction of sp³-hybridized carbons (Fsp3) is 0.263. The monoisotopic (exact) mass is 294 g/mol. The average Bonchev–Trinajstić information content (AvgIpc) is 2.51. The molecule has 0 radical (unpaired) electrons. The number of pyridine rings is 1. The molecule has 2 rings (SSSR count). The second kappa shape index (κ2) is 7.03. The molecule has 0 bridgehead atoms. The van der Waals surface area contributed by atoms with Gasteiger partial charge in [0.2, 0.25) is 5.91 Å². The summed E-state index contributed by atoms with van der Waals surface area (Å²) in [7, 11) is 0. The lowest BCUT2D eigenvalue weighted by Gasteiger charge is -2.21. The van der Waals surface area contributed by atoms with E-state index in [1.165, 1.54) is 0 Å². The lowest BCUT2D eigenvalue weighted by atomic mass is 9.99. The lowest BCUT2D eigenvalue weighted by Crippen LogP contribution is -2.33. The van der Waals surface area contributed by atoms with Crippen LogP contribution in [0, 0.1) is 13.8 Å². The minimum Gasteiger partial charge on any atom is -0.335 e. The van der Waals surface area contributed by atoms with Crippen LogP contribution in [-0.4, -0.2) is 28.9 Å². The molecule has 2 aromatic rings. The molecule has 1 amide bonds. The number of aromatic nitrogens is 1. The molecule has 0 unspecified atom stereocenters. The number of benzene rings is 1. The van der Waals surface area contributed by atoms with Gasteiger partial charge in [0.05, 0.1) is 11.9 Å². The van der Waals surface area contributed by atoms with Gasteiger partial charge in [-0.1, -0.05) is 30.4 Å². The maximum atomic E-state index is 12.5. The van der Waals surface area contributed by atoms with Crippen LogP contribution in [0.2, 0.25) is 0 Å². The quantitative estimate of drug-likeness (QED) is 0.763. The number of rotatable bonds is 6. The zero-order chi connectivity index (χ0) is 16.1. The fourth-order valence-corrected chi connectivity index (χ4v) is 2.68. The van der Waals surface area contributed by atoms with Crippen molar-refractivity contribution in [3.8, 4) is 0 Å². The molecule has 0 saturated carbocycles. The number of fused-ring (bicyclic) bond motifs is 1. The van der Waals surface area contributed by atoms with Gasteiger partial charge in [0.1, 0.15) is 0 Å². The first-order valence-corrected chi connectivity index (χ1v) is 7.42. The van der Waals surface area contributed by atoms with Gasteiger partial charge in [-0.2, -0.15) is 0 Å². The van der Waals surface area contributed by atoms with E-state index < -0.39 is 0 Å². The van der Waals surface area contributed by atoms with E-state index in [1.54, 1.807) is 17.1 Å². The molecule has 1 aromatic heterocycles. The minimum atomic E-state index is 0.0723. The molecule has 3 nitrogen and oxygen atoms in total. The van der Waals surface area contributed by atoms with Crippen molar-refractivity contribution >= 4 is 16.8 Å². The van der Waals surface area contributed by atoms with Gasteiger partial charge in [0, 0.05) is 24.2 Å². The highest BCUT2D eigenvalue weighted by atomic mass is 16.2. The first-order valence-electron chi connectivity index (χ1n) is 7.42. The Balaban J connectivity index is 2.36. The van der Waals surface area contributed by atoms with Gasteiger partial charge in [0.25, 0.3) is 0 Å². The Morgan fingerprint density at radius 3 is 2.45 bits per heavy atom. The van der Waals surface area contributed by atoms with Gasteiger partial charge in [-0.05, 0) is 31.0 Å². The van der Waals surface area contributed by atoms with Crippen LogP contribution in [0.3, 0.4) is 0 Å². The Bertz CT molecular complexity index is 709. The number of amides is 1. The van der Waals surface area contributed by atoms with Gasteiger partial charge in [-0.3, -0.25) is 9.78 Å². The van der Waals surface area contributed by atoms with Crippen LogP contribution in [0.5, 0.6) is 0 Å². The summed E-state index contributed by atoms with van der Waals surface area (Å²) in [4.78, 5) is 18.9. The van der Waals surface area contributed by atoms with E-state index in [0.717, 1.165) is 27.7 Å². The number of hydrogen-bond acceptors (Lipinski definition) is 2. The van der Waals surface area contributed by atoms with Gasteiger partial charge in [-0.15, -0.1) is 13.2 Å². The van der Waals surface area contributed by atoms with Crippen molar-refractivity contribution < 1.29 is 4.79 Å². The molecule has 1 heterocycles. The van der Waals surface area contributed by atoms with E-state index in [-0.39, 0.29) is 5.91 Å². The zero-order valence-corrected chi connectivity index (χ0v) is 13.3. The summed E-state index contributed by atoms with van der Waals surface area (Å²) in [6.07, 6.45) is 3.83. The molecular weight excluding hydrogens is 272 g/mol. The van der Waals surface area contributed by atoms with Crippen LogP contribution in [0.15, 0.2) is 49.6 Å². The largest absolute Gasteiger partial charge is 0.335 e. The van der Waals surface area contributed by atoms with Crippen LogP contribution in [0.1, 0.15) is 16.8 Å². The highest BCUT2D eigenvalue weighted by Crippen LogP contribution is 2.23. The van der Waals surface area contributed by atoms with Crippen molar-refractivity contribution in [3.05, 3.63) is 66.4 Å². The van der Waals surface area contributed by atoms with Crippen LogP contribution >= 0.6 is 0 Å². The summed E-state index contributed by atoms with van der Waals surface area (Å²) in [6, 6.07) is 8.04. The van der Waals surface area contributed by atoms with Crippen LogP contribution in [0.25, 0.3) is 10.9 Å². The van der Waals surface area contributed by atoms with Crippen molar-refractivity contribution in [2.24, 2.45) is 0 Å². The standard InChI is InChI=1S/C19H22N2O/c1-5-11-21(12-6-2)19(22)13-17-14(3)16-9-7-8-10-18(16)20-15(17)4/h5-10H,1-2,11-13H2,3-4H3. The maximum absolute atomic E-state index is 12.5. The third kappa shape index (κ3) is 3.25. The van der Waals surface area contributed by atoms with E-state index in [0.29, 0.717) is 19.5 Å². The molecule has 0 aliphatic heterocycles. The summed E-state index contributed by atoms with van der Waals surface area (Å²) in [5.74, 6) is 0.0723. The SMILES string of the molecule is C=CCN(CC=C)C(=O)Cc1c(C)nc2ccccc2c1C. The highest BCUT2D eigenvalue weighted by molar-refractivity contribution is 5.86. The van der Waals surface area contributed by atoms with Gasteiger partial charge >= 0.3 is 0 Å². The third-order valence-corrected chi connectivity index (χ3v) is 3.87. The number of carbonyl (C=O) groups excluding carboxylic acids is 1. The summed E-state index contributed by atoms with van der Waals surface area (Å²) in [5, 5.41) is 1.11. The molecule has 3 heteroatoms. The molecule has 0 fully saturated rings. The van der Waals surface area contributed by atoms with Gasteiger partial charge in [0.15, 0.2) is 0 Å². The molecule has 1 aromatic carbocycles. The van der Waals surface area contributed by atoms with E-state index in [4.69, 9.17) is 0 Å².